The molecule has 2 rings (SSSR count). The first-order valence-corrected chi connectivity index (χ1v) is 8.27. The number of ether oxygens (including phenoxy) is 1. The van der Waals surface area contributed by atoms with Gasteiger partial charge in [0.05, 0.1) is 15.7 Å². The van der Waals surface area contributed by atoms with Crippen molar-refractivity contribution in [3.8, 4) is 0 Å². The van der Waals surface area contributed by atoms with Crippen molar-refractivity contribution in [1.82, 2.24) is 10.3 Å². The van der Waals surface area contributed by atoms with E-state index < -0.39 is 5.91 Å². The summed E-state index contributed by atoms with van der Waals surface area (Å²) in [5.74, 6) is -0.772. The number of anilines is 1. The van der Waals surface area contributed by atoms with E-state index in [0.717, 1.165) is 0 Å². The highest BCUT2D eigenvalue weighted by atomic mass is 35.5. The second-order valence-electron chi connectivity index (χ2n) is 5.09. The first kappa shape index (κ1) is 19.2. The molecule has 2 amide bonds. The third kappa shape index (κ3) is 5.42. The molecule has 6 nitrogen and oxygen atoms in total. The minimum absolute atomic E-state index is 0.155. The van der Waals surface area contributed by atoms with Crippen LogP contribution >= 0.6 is 23.2 Å². The first-order chi connectivity index (χ1) is 12.0. The van der Waals surface area contributed by atoms with Gasteiger partial charge in [-0.1, -0.05) is 29.3 Å². The van der Waals surface area contributed by atoms with E-state index >= 15 is 0 Å². The molecule has 0 unspecified atom stereocenters. The van der Waals surface area contributed by atoms with Crippen LogP contribution in [0.3, 0.4) is 0 Å². The fourth-order valence-electron chi connectivity index (χ4n) is 2.00. The maximum absolute atomic E-state index is 12.4. The Morgan fingerprint density at radius 3 is 2.76 bits per heavy atom. The van der Waals surface area contributed by atoms with Gasteiger partial charge in [-0.2, -0.15) is 0 Å². The zero-order valence-electron chi connectivity index (χ0n) is 13.5. The summed E-state index contributed by atoms with van der Waals surface area (Å²) < 4.78 is 4.91. The molecule has 0 aliphatic heterocycles. The minimum atomic E-state index is -0.417. The van der Waals surface area contributed by atoms with Gasteiger partial charge in [0.25, 0.3) is 11.8 Å². The Bertz CT molecular complexity index is 769. The molecule has 0 saturated carbocycles. The normalized spacial score (nSPS) is 10.4. The maximum Gasteiger partial charge on any atom is 0.269 e. The Kier molecular flexibility index (Phi) is 7.18. The third-order valence-electron chi connectivity index (χ3n) is 3.27. The monoisotopic (exact) mass is 381 g/mol. The lowest BCUT2D eigenvalue weighted by Gasteiger charge is -2.09. The SMILES string of the molecule is COCCCNC(=O)c1cc(C(=O)Nc2cccc(Cl)c2Cl)ccn1. The van der Waals surface area contributed by atoms with Crippen LogP contribution in [0, 0.1) is 0 Å². The van der Waals surface area contributed by atoms with Crippen LogP contribution in [0.4, 0.5) is 5.69 Å². The van der Waals surface area contributed by atoms with Gasteiger partial charge < -0.3 is 15.4 Å². The highest BCUT2D eigenvalue weighted by Gasteiger charge is 2.13. The molecule has 2 aromatic rings. The van der Waals surface area contributed by atoms with Crippen LogP contribution in [0.1, 0.15) is 27.3 Å². The van der Waals surface area contributed by atoms with Crippen LogP contribution in [0.25, 0.3) is 0 Å². The number of hydrogen-bond donors (Lipinski definition) is 2. The number of methoxy groups -OCH3 is 1. The quantitative estimate of drug-likeness (QED) is 0.720. The second kappa shape index (κ2) is 9.36. The van der Waals surface area contributed by atoms with Crippen LogP contribution in [-0.2, 0) is 4.74 Å². The summed E-state index contributed by atoms with van der Waals surface area (Å²) in [4.78, 5) is 28.4. The number of hydrogen-bond acceptors (Lipinski definition) is 4. The summed E-state index contributed by atoms with van der Waals surface area (Å²) in [6.07, 6.45) is 2.09. The summed E-state index contributed by atoms with van der Waals surface area (Å²) in [5.41, 5.74) is 0.830. The smallest absolute Gasteiger partial charge is 0.269 e. The van der Waals surface area contributed by atoms with Gasteiger partial charge in [0.2, 0.25) is 0 Å². The number of halogens is 2. The molecule has 8 heteroatoms. The van der Waals surface area contributed by atoms with Gasteiger partial charge in [0.1, 0.15) is 5.69 Å². The van der Waals surface area contributed by atoms with Crippen molar-refractivity contribution in [3.63, 3.8) is 0 Å². The summed E-state index contributed by atoms with van der Waals surface area (Å²) in [5, 5.41) is 5.97. The Morgan fingerprint density at radius 2 is 2.00 bits per heavy atom. The lowest BCUT2D eigenvalue weighted by Crippen LogP contribution is -2.26. The van der Waals surface area contributed by atoms with E-state index in [-0.39, 0.29) is 22.2 Å². The molecule has 0 spiro atoms. The molecule has 0 radical (unpaired) electrons. The molecule has 1 aromatic heterocycles. The van der Waals surface area contributed by atoms with Crippen molar-refractivity contribution in [2.75, 3.05) is 25.6 Å². The number of rotatable bonds is 7. The van der Waals surface area contributed by atoms with Crippen molar-refractivity contribution in [3.05, 3.63) is 57.8 Å². The number of nitrogens with one attached hydrogen (secondary N) is 2. The molecule has 0 fully saturated rings. The fraction of sp³-hybridized carbons (Fsp3) is 0.235. The van der Waals surface area contributed by atoms with Crippen LogP contribution in [0.2, 0.25) is 10.0 Å². The van der Waals surface area contributed by atoms with Gasteiger partial charge in [-0.25, -0.2) is 0 Å². The topological polar surface area (TPSA) is 80.3 Å². The molecule has 0 aliphatic rings. The van der Waals surface area contributed by atoms with E-state index in [9.17, 15) is 9.59 Å². The molecule has 2 N–H and O–H groups in total. The summed E-state index contributed by atoms with van der Waals surface area (Å²) in [7, 11) is 1.59. The fourth-order valence-corrected chi connectivity index (χ4v) is 2.35. The maximum atomic E-state index is 12.4. The number of pyridine rings is 1. The van der Waals surface area contributed by atoms with Crippen molar-refractivity contribution < 1.29 is 14.3 Å². The lowest BCUT2D eigenvalue weighted by molar-refractivity contribution is 0.0943. The number of aromatic nitrogens is 1. The predicted molar refractivity (Wildman–Crippen MR) is 97.5 cm³/mol. The molecule has 0 atom stereocenters. The lowest BCUT2D eigenvalue weighted by atomic mass is 10.2. The standard InChI is InChI=1S/C17H17Cl2N3O3/c1-25-9-3-7-21-17(24)14-10-11(6-8-20-14)16(23)22-13-5-2-4-12(18)15(13)19/h2,4-6,8,10H,3,7,9H2,1H3,(H,21,24)(H,22,23). The van der Waals surface area contributed by atoms with Crippen LogP contribution in [-0.4, -0.2) is 37.1 Å². The molecule has 0 saturated heterocycles. The Hall–Kier alpha value is -2.15. The van der Waals surface area contributed by atoms with Gasteiger partial charge in [0, 0.05) is 32.0 Å². The summed E-state index contributed by atoms with van der Waals surface area (Å²) in [6.45, 7) is 1.01. The van der Waals surface area contributed by atoms with Crippen LogP contribution in [0.5, 0.6) is 0 Å². The minimum Gasteiger partial charge on any atom is -0.385 e. The van der Waals surface area contributed by atoms with Gasteiger partial charge in [-0.15, -0.1) is 0 Å². The molecule has 25 heavy (non-hydrogen) atoms. The first-order valence-electron chi connectivity index (χ1n) is 7.51. The largest absolute Gasteiger partial charge is 0.385 e. The van der Waals surface area contributed by atoms with Crippen molar-refractivity contribution in [2.45, 2.75) is 6.42 Å². The summed E-state index contributed by atoms with van der Waals surface area (Å²) >= 11 is 12.0. The third-order valence-corrected chi connectivity index (χ3v) is 4.08. The Labute approximate surface area is 155 Å². The van der Waals surface area contributed by atoms with Crippen molar-refractivity contribution in [2.24, 2.45) is 0 Å². The van der Waals surface area contributed by atoms with Crippen molar-refractivity contribution >= 4 is 40.7 Å². The molecule has 0 bridgehead atoms. The number of benzene rings is 1. The molecule has 132 valence electrons. The number of amides is 2. The number of nitrogens with zero attached hydrogens (tertiary/aromatic N) is 1. The molecular formula is C17H17Cl2N3O3. The van der Waals surface area contributed by atoms with Gasteiger partial charge in [0.15, 0.2) is 0 Å². The van der Waals surface area contributed by atoms with E-state index in [2.05, 4.69) is 15.6 Å². The van der Waals surface area contributed by atoms with E-state index in [0.29, 0.717) is 30.3 Å². The van der Waals surface area contributed by atoms with Gasteiger partial charge in [-0.05, 0) is 30.7 Å². The highest BCUT2D eigenvalue weighted by Crippen LogP contribution is 2.29. The van der Waals surface area contributed by atoms with Crippen LogP contribution < -0.4 is 10.6 Å². The average molecular weight is 382 g/mol. The molecule has 1 heterocycles. The van der Waals surface area contributed by atoms with Crippen LogP contribution in [0.15, 0.2) is 36.5 Å². The van der Waals surface area contributed by atoms with Gasteiger partial charge in [-0.3, -0.25) is 14.6 Å². The van der Waals surface area contributed by atoms with Gasteiger partial charge >= 0.3 is 0 Å². The predicted octanol–water partition coefficient (Wildman–Crippen LogP) is 3.41. The molecule has 0 aliphatic carbocycles. The second-order valence-corrected chi connectivity index (χ2v) is 5.87. The highest BCUT2D eigenvalue weighted by molar-refractivity contribution is 6.44. The zero-order chi connectivity index (χ0) is 18.2. The van der Waals surface area contributed by atoms with E-state index in [1.54, 1.807) is 25.3 Å². The Morgan fingerprint density at radius 1 is 1.20 bits per heavy atom. The Balaban J connectivity index is 2.06. The average Bonchev–Trinajstić information content (AvgIpc) is 2.62. The van der Waals surface area contributed by atoms with E-state index in [1.807, 2.05) is 0 Å². The summed E-state index contributed by atoms with van der Waals surface area (Å²) in [6, 6.07) is 7.86. The van der Waals surface area contributed by atoms with E-state index in [4.69, 9.17) is 27.9 Å². The number of carbonyl (C=O) groups is 2. The number of carbonyl (C=O) groups excluding carboxylic acids is 2. The molecular weight excluding hydrogens is 365 g/mol. The van der Waals surface area contributed by atoms with E-state index in [1.165, 1.54) is 18.3 Å². The molecule has 1 aromatic carbocycles. The van der Waals surface area contributed by atoms with Crippen molar-refractivity contribution in [1.29, 1.82) is 0 Å². The zero-order valence-corrected chi connectivity index (χ0v) is 15.0.